The topological polar surface area (TPSA) is 50.4 Å². The maximum absolute atomic E-state index is 11.9. The number of rotatable bonds is 9. The van der Waals surface area contributed by atoms with Crippen molar-refractivity contribution in [2.24, 2.45) is 0 Å². The molecule has 136 valence electrons. The monoisotopic (exact) mass is 382 g/mol. The second-order valence-electron chi connectivity index (χ2n) is 5.41. The molecule has 0 spiro atoms. The quantitative estimate of drug-likeness (QED) is 0.651. The van der Waals surface area contributed by atoms with E-state index in [1.165, 1.54) is 0 Å². The average molecular weight is 383 g/mol. The highest BCUT2D eigenvalue weighted by molar-refractivity contribution is 6.31. The number of carbonyl (C=O) groups is 1. The van der Waals surface area contributed by atoms with Crippen LogP contribution in [0.5, 0.6) is 5.75 Å². The molecular formula is C19H24Cl2N2O2. The Hall–Kier alpha value is -1.75. The van der Waals surface area contributed by atoms with Gasteiger partial charge < -0.3 is 15.4 Å². The SMILES string of the molecule is CCNCCNC(=O)Cc1cccc(OCc2ccccc2Cl)c1.Cl. The Morgan fingerprint density at radius 2 is 1.92 bits per heavy atom. The predicted molar refractivity (Wildman–Crippen MR) is 105 cm³/mol. The second-order valence-corrected chi connectivity index (χ2v) is 5.81. The van der Waals surface area contributed by atoms with Gasteiger partial charge in [0.25, 0.3) is 0 Å². The zero-order valence-corrected chi connectivity index (χ0v) is 15.8. The minimum Gasteiger partial charge on any atom is -0.489 e. The first kappa shape index (κ1) is 21.3. The van der Waals surface area contributed by atoms with E-state index >= 15 is 0 Å². The van der Waals surface area contributed by atoms with Gasteiger partial charge in [0.05, 0.1) is 6.42 Å². The van der Waals surface area contributed by atoms with Gasteiger partial charge in [-0.05, 0) is 30.3 Å². The summed E-state index contributed by atoms with van der Waals surface area (Å²) >= 11 is 6.12. The molecule has 2 aromatic rings. The molecule has 0 heterocycles. The van der Waals surface area contributed by atoms with Gasteiger partial charge in [-0.3, -0.25) is 4.79 Å². The highest BCUT2D eigenvalue weighted by Crippen LogP contribution is 2.19. The molecule has 0 radical (unpaired) electrons. The maximum Gasteiger partial charge on any atom is 0.224 e. The lowest BCUT2D eigenvalue weighted by atomic mass is 10.1. The molecule has 0 unspecified atom stereocenters. The number of hydrogen-bond donors (Lipinski definition) is 2. The number of ether oxygens (including phenoxy) is 1. The summed E-state index contributed by atoms with van der Waals surface area (Å²) in [6.45, 7) is 4.76. The molecule has 0 atom stereocenters. The van der Waals surface area contributed by atoms with Crippen LogP contribution in [-0.4, -0.2) is 25.5 Å². The second kappa shape index (κ2) is 11.7. The van der Waals surface area contributed by atoms with Crippen LogP contribution in [0.2, 0.25) is 5.02 Å². The third-order valence-corrected chi connectivity index (χ3v) is 3.86. The van der Waals surface area contributed by atoms with Crippen molar-refractivity contribution in [2.45, 2.75) is 20.0 Å². The average Bonchev–Trinajstić information content (AvgIpc) is 2.58. The number of nitrogens with one attached hydrogen (secondary N) is 2. The molecule has 2 N–H and O–H groups in total. The summed E-state index contributed by atoms with van der Waals surface area (Å²) in [6.07, 6.45) is 0.343. The van der Waals surface area contributed by atoms with Gasteiger partial charge in [0.15, 0.2) is 0 Å². The van der Waals surface area contributed by atoms with Crippen LogP contribution in [0.3, 0.4) is 0 Å². The summed E-state index contributed by atoms with van der Waals surface area (Å²) in [5.41, 5.74) is 1.86. The van der Waals surface area contributed by atoms with Crippen LogP contribution < -0.4 is 15.4 Å². The third kappa shape index (κ3) is 7.78. The molecule has 0 saturated heterocycles. The van der Waals surface area contributed by atoms with Gasteiger partial charge in [-0.15, -0.1) is 12.4 Å². The van der Waals surface area contributed by atoms with Crippen molar-refractivity contribution >= 4 is 29.9 Å². The van der Waals surface area contributed by atoms with Crippen molar-refractivity contribution in [3.63, 3.8) is 0 Å². The highest BCUT2D eigenvalue weighted by Gasteiger charge is 2.05. The summed E-state index contributed by atoms with van der Waals surface area (Å²) in [6, 6.07) is 15.2. The van der Waals surface area contributed by atoms with E-state index in [0.29, 0.717) is 24.6 Å². The summed E-state index contributed by atoms with van der Waals surface area (Å²) in [5, 5.41) is 6.75. The number of benzene rings is 2. The van der Waals surface area contributed by atoms with Crippen molar-refractivity contribution in [3.05, 3.63) is 64.7 Å². The minimum absolute atomic E-state index is 0. The number of carbonyl (C=O) groups excluding carboxylic acids is 1. The lowest BCUT2D eigenvalue weighted by Crippen LogP contribution is -2.32. The lowest BCUT2D eigenvalue weighted by Gasteiger charge is -2.10. The van der Waals surface area contributed by atoms with Gasteiger partial charge in [-0.1, -0.05) is 48.9 Å². The van der Waals surface area contributed by atoms with Crippen LogP contribution in [0.15, 0.2) is 48.5 Å². The van der Waals surface area contributed by atoms with E-state index in [4.69, 9.17) is 16.3 Å². The number of hydrogen-bond acceptors (Lipinski definition) is 3. The van der Waals surface area contributed by atoms with Crippen LogP contribution in [0.1, 0.15) is 18.1 Å². The molecule has 2 rings (SSSR count). The molecule has 0 aromatic heterocycles. The minimum atomic E-state index is 0. The summed E-state index contributed by atoms with van der Waals surface area (Å²) in [5.74, 6) is 0.740. The van der Waals surface area contributed by atoms with Gasteiger partial charge in [0.1, 0.15) is 12.4 Å². The van der Waals surface area contributed by atoms with Crippen molar-refractivity contribution in [1.29, 1.82) is 0 Å². The normalized spacial score (nSPS) is 10.0. The number of halogens is 2. The van der Waals surface area contributed by atoms with Crippen LogP contribution in [0.25, 0.3) is 0 Å². The fourth-order valence-electron chi connectivity index (χ4n) is 2.24. The van der Waals surface area contributed by atoms with E-state index in [0.717, 1.165) is 30.0 Å². The van der Waals surface area contributed by atoms with Crippen LogP contribution in [0, 0.1) is 0 Å². The first-order chi connectivity index (χ1) is 11.7. The van der Waals surface area contributed by atoms with Crippen molar-refractivity contribution < 1.29 is 9.53 Å². The molecule has 0 aliphatic rings. The lowest BCUT2D eigenvalue weighted by molar-refractivity contribution is -0.120. The number of amides is 1. The Morgan fingerprint density at radius 3 is 2.68 bits per heavy atom. The molecule has 0 fully saturated rings. The first-order valence-corrected chi connectivity index (χ1v) is 8.49. The molecule has 0 saturated carbocycles. The summed E-state index contributed by atoms with van der Waals surface area (Å²) < 4.78 is 5.78. The highest BCUT2D eigenvalue weighted by atomic mass is 35.5. The van der Waals surface area contributed by atoms with E-state index in [1.54, 1.807) is 0 Å². The smallest absolute Gasteiger partial charge is 0.224 e. The molecule has 2 aromatic carbocycles. The predicted octanol–water partition coefficient (Wildman–Crippen LogP) is 3.61. The molecule has 4 nitrogen and oxygen atoms in total. The molecular weight excluding hydrogens is 359 g/mol. The van der Waals surface area contributed by atoms with Crippen LogP contribution >= 0.6 is 24.0 Å². The molecule has 0 aliphatic heterocycles. The maximum atomic E-state index is 11.9. The zero-order chi connectivity index (χ0) is 17.2. The number of likely N-dealkylation sites (N-methyl/N-ethyl adjacent to an activating group) is 1. The standard InChI is InChI=1S/C19H23ClN2O2.ClH/c1-2-21-10-11-22-19(23)13-15-6-5-8-17(12-15)24-14-16-7-3-4-9-18(16)20;/h3-9,12,21H,2,10-11,13-14H2,1H3,(H,22,23);1H. The van der Waals surface area contributed by atoms with E-state index in [2.05, 4.69) is 10.6 Å². The Bertz CT molecular complexity index is 665. The Morgan fingerprint density at radius 1 is 1.12 bits per heavy atom. The Kier molecular flexibility index (Phi) is 10.0. The third-order valence-electron chi connectivity index (χ3n) is 3.49. The van der Waals surface area contributed by atoms with Crippen molar-refractivity contribution in [3.8, 4) is 5.75 Å². The zero-order valence-electron chi connectivity index (χ0n) is 14.3. The molecule has 1 amide bonds. The first-order valence-electron chi connectivity index (χ1n) is 8.11. The molecule has 0 bridgehead atoms. The van der Waals surface area contributed by atoms with E-state index in [-0.39, 0.29) is 18.3 Å². The van der Waals surface area contributed by atoms with E-state index in [1.807, 2.05) is 55.5 Å². The molecule has 6 heteroatoms. The van der Waals surface area contributed by atoms with E-state index in [9.17, 15) is 4.79 Å². The summed E-state index contributed by atoms with van der Waals surface area (Å²) in [4.78, 5) is 11.9. The summed E-state index contributed by atoms with van der Waals surface area (Å²) in [7, 11) is 0. The fraction of sp³-hybridized carbons (Fsp3) is 0.316. The van der Waals surface area contributed by atoms with Gasteiger partial charge in [-0.25, -0.2) is 0 Å². The Labute approximate surface area is 160 Å². The van der Waals surface area contributed by atoms with Crippen LogP contribution in [0.4, 0.5) is 0 Å². The largest absolute Gasteiger partial charge is 0.489 e. The Balaban J connectivity index is 0.00000312. The molecule has 25 heavy (non-hydrogen) atoms. The van der Waals surface area contributed by atoms with Crippen molar-refractivity contribution in [1.82, 2.24) is 10.6 Å². The van der Waals surface area contributed by atoms with Crippen LogP contribution in [-0.2, 0) is 17.8 Å². The fourth-order valence-corrected chi connectivity index (χ4v) is 2.43. The van der Waals surface area contributed by atoms with Crippen molar-refractivity contribution in [2.75, 3.05) is 19.6 Å². The van der Waals surface area contributed by atoms with E-state index < -0.39 is 0 Å². The van der Waals surface area contributed by atoms with Gasteiger partial charge in [0.2, 0.25) is 5.91 Å². The van der Waals surface area contributed by atoms with Gasteiger partial charge in [-0.2, -0.15) is 0 Å². The van der Waals surface area contributed by atoms with Gasteiger partial charge in [0, 0.05) is 23.7 Å². The van der Waals surface area contributed by atoms with Gasteiger partial charge >= 0.3 is 0 Å². The molecule has 0 aliphatic carbocycles.